The van der Waals surface area contributed by atoms with Crippen LogP contribution in [0.25, 0.3) is 22.2 Å². The molecule has 0 bridgehead atoms. The van der Waals surface area contributed by atoms with Crippen LogP contribution in [0.3, 0.4) is 0 Å². The Bertz CT molecular complexity index is 899. The van der Waals surface area contributed by atoms with E-state index >= 15 is 0 Å². The zero-order chi connectivity index (χ0) is 16.7. The van der Waals surface area contributed by atoms with Crippen LogP contribution in [-0.4, -0.2) is 20.1 Å². The zero-order valence-corrected chi connectivity index (χ0v) is 14.0. The van der Waals surface area contributed by atoms with E-state index in [-0.39, 0.29) is 5.95 Å². The highest BCUT2D eigenvalue weighted by Gasteiger charge is 2.31. The molecule has 1 aromatic carbocycles. The normalized spacial score (nSPS) is 17.2. The van der Waals surface area contributed by atoms with Crippen molar-refractivity contribution in [3.63, 3.8) is 0 Å². The number of halogens is 1. The summed E-state index contributed by atoms with van der Waals surface area (Å²) >= 11 is 6.26. The molecule has 4 N–H and O–H groups in total. The van der Waals surface area contributed by atoms with Gasteiger partial charge in [-0.15, -0.1) is 0 Å². The number of nitrogen functional groups attached to an aromatic ring is 1. The van der Waals surface area contributed by atoms with Gasteiger partial charge in [0, 0.05) is 22.7 Å². The van der Waals surface area contributed by atoms with E-state index < -0.39 is 5.60 Å². The Labute approximate surface area is 144 Å². The van der Waals surface area contributed by atoms with Crippen molar-refractivity contribution >= 4 is 28.5 Å². The van der Waals surface area contributed by atoms with E-state index in [0.29, 0.717) is 10.7 Å². The first-order chi connectivity index (χ1) is 11.6. The maximum absolute atomic E-state index is 11.0. The van der Waals surface area contributed by atoms with Crippen LogP contribution in [0.2, 0.25) is 5.02 Å². The molecule has 2 aromatic heterocycles. The minimum atomic E-state index is -0.741. The number of nitrogens with two attached hydrogens (primary N) is 1. The molecule has 1 aliphatic carbocycles. The number of benzene rings is 1. The zero-order valence-electron chi connectivity index (χ0n) is 13.2. The van der Waals surface area contributed by atoms with Gasteiger partial charge in [-0.2, -0.15) is 0 Å². The summed E-state index contributed by atoms with van der Waals surface area (Å²) in [5.74, 6) is 0.186. The number of hydrogen-bond donors (Lipinski definition) is 3. The largest absolute Gasteiger partial charge is 0.385 e. The lowest BCUT2D eigenvalue weighted by molar-refractivity contribution is -0.000505. The average Bonchev–Trinajstić information content (AvgIpc) is 3.01. The number of H-pyrrole nitrogens is 1. The molecule has 1 aliphatic rings. The van der Waals surface area contributed by atoms with Crippen LogP contribution in [0.15, 0.2) is 30.6 Å². The molecule has 2 heterocycles. The summed E-state index contributed by atoms with van der Waals surface area (Å²) in [4.78, 5) is 11.4. The number of aromatic amines is 1. The van der Waals surface area contributed by atoms with Crippen LogP contribution < -0.4 is 5.73 Å². The van der Waals surface area contributed by atoms with Crippen LogP contribution in [0, 0.1) is 0 Å². The lowest BCUT2D eigenvalue weighted by atomic mass is 9.79. The van der Waals surface area contributed by atoms with Crippen molar-refractivity contribution < 1.29 is 5.11 Å². The summed E-state index contributed by atoms with van der Waals surface area (Å²) in [6, 6.07) is 6.05. The third-order valence-electron chi connectivity index (χ3n) is 4.92. The second-order valence-electron chi connectivity index (χ2n) is 6.48. The van der Waals surface area contributed by atoms with Crippen molar-refractivity contribution in [1.29, 1.82) is 0 Å². The first kappa shape index (κ1) is 15.4. The van der Waals surface area contributed by atoms with Crippen LogP contribution >= 0.6 is 11.6 Å². The van der Waals surface area contributed by atoms with Crippen molar-refractivity contribution in [2.24, 2.45) is 0 Å². The van der Waals surface area contributed by atoms with Crippen LogP contribution in [0.5, 0.6) is 0 Å². The number of nitrogens with one attached hydrogen (secondary N) is 1. The second-order valence-corrected chi connectivity index (χ2v) is 6.89. The standard InChI is InChI=1S/C18H19ClN4O/c19-14-10-22-17(20)23-16(14)13-9-21-15-5-4-11(8-12(13)15)18(24)6-2-1-3-7-18/h4-5,8-10,21,24H,1-3,6-7H2,(H2,20,22,23). The van der Waals surface area contributed by atoms with Gasteiger partial charge >= 0.3 is 0 Å². The Hall–Kier alpha value is -2.11. The fourth-order valence-electron chi connectivity index (χ4n) is 3.60. The van der Waals surface area contributed by atoms with E-state index in [4.69, 9.17) is 17.3 Å². The smallest absolute Gasteiger partial charge is 0.220 e. The number of anilines is 1. The summed E-state index contributed by atoms with van der Waals surface area (Å²) in [6.45, 7) is 0. The molecule has 5 nitrogen and oxygen atoms in total. The number of hydrogen-bond acceptors (Lipinski definition) is 4. The number of aromatic nitrogens is 3. The highest BCUT2D eigenvalue weighted by Crippen LogP contribution is 2.40. The number of nitrogens with zero attached hydrogens (tertiary/aromatic N) is 2. The maximum Gasteiger partial charge on any atom is 0.220 e. The number of fused-ring (bicyclic) bond motifs is 1. The van der Waals surface area contributed by atoms with Gasteiger partial charge in [-0.25, -0.2) is 9.97 Å². The van der Waals surface area contributed by atoms with Gasteiger partial charge in [0.2, 0.25) is 5.95 Å². The SMILES string of the molecule is Nc1ncc(Cl)c(-c2c[nH]c3ccc(C4(O)CCCCC4)cc23)n1. The molecule has 0 spiro atoms. The van der Waals surface area contributed by atoms with Gasteiger partial charge in [0.1, 0.15) is 0 Å². The predicted molar refractivity (Wildman–Crippen MR) is 95.7 cm³/mol. The first-order valence-corrected chi connectivity index (χ1v) is 8.57. The van der Waals surface area contributed by atoms with Crippen LogP contribution in [-0.2, 0) is 5.60 Å². The molecular formula is C18H19ClN4O. The summed E-state index contributed by atoms with van der Waals surface area (Å²) in [6.07, 6.45) is 8.30. The summed E-state index contributed by atoms with van der Waals surface area (Å²) in [5, 5.41) is 12.4. The van der Waals surface area contributed by atoms with Crippen LogP contribution in [0.4, 0.5) is 5.95 Å². The van der Waals surface area contributed by atoms with Gasteiger partial charge in [-0.05, 0) is 30.5 Å². The van der Waals surface area contributed by atoms with E-state index in [1.807, 2.05) is 24.4 Å². The Balaban J connectivity index is 1.86. The second kappa shape index (κ2) is 5.76. The molecule has 3 aromatic rings. The van der Waals surface area contributed by atoms with Gasteiger partial charge < -0.3 is 15.8 Å². The van der Waals surface area contributed by atoms with Crippen LogP contribution in [0.1, 0.15) is 37.7 Å². The Morgan fingerprint density at radius 1 is 1.21 bits per heavy atom. The minimum Gasteiger partial charge on any atom is -0.385 e. The Kier molecular flexibility index (Phi) is 3.70. The molecule has 1 saturated carbocycles. The highest BCUT2D eigenvalue weighted by atomic mass is 35.5. The fraction of sp³-hybridized carbons (Fsp3) is 0.333. The summed E-state index contributed by atoms with van der Waals surface area (Å²) in [7, 11) is 0. The number of rotatable bonds is 2. The lowest BCUT2D eigenvalue weighted by Gasteiger charge is -2.32. The fourth-order valence-corrected chi connectivity index (χ4v) is 3.79. The van der Waals surface area contributed by atoms with E-state index in [2.05, 4.69) is 15.0 Å². The molecule has 24 heavy (non-hydrogen) atoms. The quantitative estimate of drug-likeness (QED) is 0.656. The summed E-state index contributed by atoms with van der Waals surface area (Å²) in [5.41, 5.74) is 8.37. The Morgan fingerprint density at radius 3 is 2.79 bits per heavy atom. The van der Waals surface area contributed by atoms with E-state index in [0.717, 1.165) is 47.7 Å². The van der Waals surface area contributed by atoms with E-state index in [9.17, 15) is 5.11 Å². The molecule has 0 saturated heterocycles. The van der Waals surface area contributed by atoms with Crippen molar-refractivity contribution in [2.45, 2.75) is 37.7 Å². The topological polar surface area (TPSA) is 87.8 Å². The molecule has 0 unspecified atom stereocenters. The molecule has 124 valence electrons. The highest BCUT2D eigenvalue weighted by molar-refractivity contribution is 6.33. The average molecular weight is 343 g/mol. The Morgan fingerprint density at radius 2 is 2.00 bits per heavy atom. The van der Waals surface area contributed by atoms with Gasteiger partial charge in [-0.1, -0.05) is 36.9 Å². The van der Waals surface area contributed by atoms with Gasteiger partial charge in [0.05, 0.1) is 22.5 Å². The first-order valence-electron chi connectivity index (χ1n) is 8.19. The van der Waals surface area contributed by atoms with Crippen molar-refractivity contribution in [2.75, 3.05) is 5.73 Å². The number of aliphatic hydroxyl groups is 1. The third-order valence-corrected chi connectivity index (χ3v) is 5.19. The summed E-state index contributed by atoms with van der Waals surface area (Å²) < 4.78 is 0. The molecular weight excluding hydrogens is 324 g/mol. The molecule has 0 atom stereocenters. The van der Waals surface area contributed by atoms with Gasteiger partial charge in [-0.3, -0.25) is 0 Å². The molecule has 0 amide bonds. The predicted octanol–water partition coefficient (Wildman–Crippen LogP) is 4.01. The van der Waals surface area contributed by atoms with Crippen molar-refractivity contribution in [3.05, 3.63) is 41.2 Å². The van der Waals surface area contributed by atoms with Crippen molar-refractivity contribution in [3.8, 4) is 11.3 Å². The minimum absolute atomic E-state index is 0.186. The van der Waals surface area contributed by atoms with Crippen molar-refractivity contribution in [1.82, 2.24) is 15.0 Å². The van der Waals surface area contributed by atoms with Gasteiger partial charge in [0.25, 0.3) is 0 Å². The molecule has 1 fully saturated rings. The monoisotopic (exact) mass is 342 g/mol. The maximum atomic E-state index is 11.0. The van der Waals surface area contributed by atoms with E-state index in [1.54, 1.807) is 0 Å². The molecule has 0 radical (unpaired) electrons. The van der Waals surface area contributed by atoms with E-state index in [1.165, 1.54) is 12.6 Å². The molecule has 0 aliphatic heterocycles. The lowest BCUT2D eigenvalue weighted by Crippen LogP contribution is -2.28. The third kappa shape index (κ3) is 2.54. The van der Waals surface area contributed by atoms with Gasteiger partial charge in [0.15, 0.2) is 0 Å². The molecule has 6 heteroatoms. The molecule has 4 rings (SSSR count).